The van der Waals surface area contributed by atoms with Gasteiger partial charge in [-0.2, -0.15) is 0 Å². The second-order valence-corrected chi connectivity index (χ2v) is 8.49. The lowest BCUT2D eigenvalue weighted by Gasteiger charge is -2.18. The maximum atomic E-state index is 12.8. The second kappa shape index (κ2) is 10.0. The van der Waals surface area contributed by atoms with Crippen LogP contribution in [-0.4, -0.2) is 57.6 Å². The average Bonchev–Trinajstić information content (AvgIpc) is 3.60. The summed E-state index contributed by atoms with van der Waals surface area (Å²) in [5, 5.41) is 14.7. The highest BCUT2D eigenvalue weighted by molar-refractivity contribution is 14.0. The van der Waals surface area contributed by atoms with Crippen LogP contribution in [-0.2, 0) is 16.1 Å². The SMILES string of the molecule is CN=C(NCCCN1C(=O)C2C3C=CC(C3)C2C1=O)NCc1nncn1-c1ccccc1.I. The van der Waals surface area contributed by atoms with Gasteiger partial charge < -0.3 is 10.6 Å². The van der Waals surface area contributed by atoms with Crippen LogP contribution in [0.2, 0.25) is 0 Å². The molecule has 4 atom stereocenters. The Labute approximate surface area is 209 Å². The van der Waals surface area contributed by atoms with E-state index in [2.05, 4.69) is 38.0 Å². The lowest BCUT2D eigenvalue weighted by atomic mass is 9.85. The fourth-order valence-corrected chi connectivity index (χ4v) is 5.20. The van der Waals surface area contributed by atoms with Crippen molar-refractivity contribution in [3.63, 3.8) is 0 Å². The van der Waals surface area contributed by atoms with Gasteiger partial charge >= 0.3 is 0 Å². The molecule has 2 fully saturated rings. The molecule has 1 aromatic carbocycles. The van der Waals surface area contributed by atoms with Crippen molar-refractivity contribution in [2.24, 2.45) is 28.7 Å². The summed E-state index contributed by atoms with van der Waals surface area (Å²) in [4.78, 5) is 31.2. The minimum atomic E-state index is -0.123. The predicted molar refractivity (Wildman–Crippen MR) is 134 cm³/mol. The van der Waals surface area contributed by atoms with Crippen molar-refractivity contribution in [3.05, 3.63) is 54.6 Å². The average molecular weight is 561 g/mol. The molecule has 0 spiro atoms. The van der Waals surface area contributed by atoms with Gasteiger partial charge in [0.2, 0.25) is 11.8 Å². The van der Waals surface area contributed by atoms with Gasteiger partial charge in [-0.25, -0.2) is 0 Å². The fourth-order valence-electron chi connectivity index (χ4n) is 5.20. The first-order valence-electron chi connectivity index (χ1n) is 11.1. The molecule has 2 aliphatic carbocycles. The van der Waals surface area contributed by atoms with Crippen molar-refractivity contribution < 1.29 is 9.59 Å². The van der Waals surface area contributed by atoms with Gasteiger partial charge in [-0.15, -0.1) is 34.2 Å². The topological polar surface area (TPSA) is 105 Å². The van der Waals surface area contributed by atoms with Crippen LogP contribution < -0.4 is 10.6 Å². The molecule has 1 saturated heterocycles. The van der Waals surface area contributed by atoms with E-state index in [1.54, 1.807) is 13.4 Å². The molecule has 33 heavy (non-hydrogen) atoms. The van der Waals surface area contributed by atoms with Gasteiger partial charge in [0.15, 0.2) is 11.8 Å². The Morgan fingerprint density at radius 1 is 1.09 bits per heavy atom. The fraction of sp³-hybridized carbons (Fsp3) is 0.435. The van der Waals surface area contributed by atoms with Crippen LogP contribution in [0.15, 0.2) is 53.8 Å². The van der Waals surface area contributed by atoms with Crippen LogP contribution >= 0.6 is 24.0 Å². The third-order valence-electron chi connectivity index (χ3n) is 6.70. The first kappa shape index (κ1) is 23.4. The van der Waals surface area contributed by atoms with Crippen LogP contribution in [0.3, 0.4) is 0 Å². The van der Waals surface area contributed by atoms with E-state index in [9.17, 15) is 9.59 Å². The molecular formula is C23H28IN7O2. The first-order valence-corrected chi connectivity index (χ1v) is 11.1. The summed E-state index contributed by atoms with van der Waals surface area (Å²) in [6.45, 7) is 1.50. The van der Waals surface area contributed by atoms with Crippen molar-refractivity contribution >= 4 is 41.8 Å². The third-order valence-corrected chi connectivity index (χ3v) is 6.70. The number of amides is 2. The van der Waals surface area contributed by atoms with Gasteiger partial charge in [0, 0.05) is 25.8 Å². The van der Waals surface area contributed by atoms with E-state index in [0.717, 1.165) is 17.9 Å². The van der Waals surface area contributed by atoms with Crippen LogP contribution in [0.1, 0.15) is 18.7 Å². The van der Waals surface area contributed by atoms with Gasteiger partial charge in [-0.1, -0.05) is 30.4 Å². The minimum Gasteiger partial charge on any atom is -0.356 e. The number of carbonyl (C=O) groups excluding carboxylic acids is 2. The minimum absolute atomic E-state index is 0. The number of fused-ring (bicyclic) bond motifs is 5. The van der Waals surface area contributed by atoms with Gasteiger partial charge in [0.1, 0.15) is 6.33 Å². The van der Waals surface area contributed by atoms with Crippen LogP contribution in [0, 0.1) is 23.7 Å². The quantitative estimate of drug-likeness (QED) is 0.133. The van der Waals surface area contributed by atoms with E-state index < -0.39 is 0 Å². The molecule has 2 aromatic rings. The number of allylic oxidation sites excluding steroid dienone is 2. The highest BCUT2D eigenvalue weighted by Crippen LogP contribution is 2.52. The molecule has 10 heteroatoms. The molecule has 174 valence electrons. The maximum Gasteiger partial charge on any atom is 0.233 e. The number of halogens is 1. The number of hydrogen-bond donors (Lipinski definition) is 2. The summed E-state index contributed by atoms with van der Waals surface area (Å²) in [5.74, 6) is 1.69. The largest absolute Gasteiger partial charge is 0.356 e. The zero-order valence-corrected chi connectivity index (χ0v) is 20.8. The number of para-hydroxylation sites is 1. The molecule has 2 N–H and O–H groups in total. The number of nitrogens with one attached hydrogen (secondary N) is 2. The van der Waals surface area contributed by atoms with Crippen molar-refractivity contribution in [2.45, 2.75) is 19.4 Å². The number of imide groups is 1. The normalized spacial score (nSPS) is 25.4. The summed E-state index contributed by atoms with van der Waals surface area (Å²) in [5.41, 5.74) is 0.991. The molecule has 2 heterocycles. The molecule has 5 rings (SSSR count). The molecular weight excluding hydrogens is 533 g/mol. The molecule has 1 aliphatic heterocycles. The Kier molecular flexibility index (Phi) is 7.11. The van der Waals surface area contributed by atoms with Gasteiger partial charge in [-0.3, -0.25) is 24.0 Å². The number of nitrogens with zero attached hydrogens (tertiary/aromatic N) is 5. The molecule has 1 saturated carbocycles. The molecule has 0 radical (unpaired) electrons. The van der Waals surface area contributed by atoms with Crippen molar-refractivity contribution in [1.29, 1.82) is 0 Å². The Morgan fingerprint density at radius 3 is 2.45 bits per heavy atom. The standard InChI is InChI=1S/C23H27N7O2.HI/c1-24-23(26-13-18-28-27-14-30(18)17-6-3-2-4-7-17)25-10-5-11-29-21(31)19-15-8-9-16(12-15)20(19)22(29)32;/h2-4,6-9,14-16,19-20H,5,10-13H2,1H3,(H2,24,25,26);1H. The third kappa shape index (κ3) is 4.40. The zero-order valence-electron chi connectivity index (χ0n) is 18.4. The van der Waals surface area contributed by atoms with E-state index in [0.29, 0.717) is 32.0 Å². The highest BCUT2D eigenvalue weighted by Gasteiger charge is 2.58. The Hall–Kier alpha value is -2.76. The number of aliphatic imine (C=N–C) groups is 1. The predicted octanol–water partition coefficient (Wildman–Crippen LogP) is 1.75. The molecule has 1 aromatic heterocycles. The lowest BCUT2D eigenvalue weighted by molar-refractivity contribution is -0.140. The Morgan fingerprint density at radius 2 is 1.79 bits per heavy atom. The van der Waals surface area contributed by atoms with Crippen molar-refractivity contribution in [3.8, 4) is 5.69 Å². The van der Waals surface area contributed by atoms with Gasteiger partial charge in [0.05, 0.1) is 18.4 Å². The number of guanidine groups is 1. The zero-order chi connectivity index (χ0) is 22.1. The highest BCUT2D eigenvalue weighted by atomic mass is 127. The number of benzene rings is 1. The molecule has 4 unspecified atom stereocenters. The molecule has 2 amide bonds. The summed E-state index contributed by atoms with van der Waals surface area (Å²) in [6, 6.07) is 9.90. The summed E-state index contributed by atoms with van der Waals surface area (Å²) >= 11 is 0. The van der Waals surface area contributed by atoms with E-state index in [4.69, 9.17) is 0 Å². The molecule has 9 nitrogen and oxygen atoms in total. The van der Waals surface area contributed by atoms with E-state index in [-0.39, 0.29) is 59.5 Å². The first-order chi connectivity index (χ1) is 15.7. The Bertz CT molecular complexity index is 1040. The van der Waals surface area contributed by atoms with Crippen molar-refractivity contribution in [1.82, 2.24) is 30.3 Å². The summed E-state index contributed by atoms with van der Waals surface area (Å²) in [6.07, 6.45) is 7.55. The van der Waals surface area contributed by atoms with E-state index in [1.807, 2.05) is 34.9 Å². The summed E-state index contributed by atoms with van der Waals surface area (Å²) in [7, 11) is 1.70. The second-order valence-electron chi connectivity index (χ2n) is 8.49. The molecule has 3 aliphatic rings. The van der Waals surface area contributed by atoms with Crippen LogP contribution in [0.5, 0.6) is 0 Å². The summed E-state index contributed by atoms with van der Waals surface area (Å²) < 4.78 is 1.92. The van der Waals surface area contributed by atoms with Crippen LogP contribution in [0.4, 0.5) is 0 Å². The molecule has 2 bridgehead atoms. The smallest absolute Gasteiger partial charge is 0.233 e. The monoisotopic (exact) mass is 561 g/mol. The Balaban J connectivity index is 0.00000259. The van der Waals surface area contributed by atoms with Crippen molar-refractivity contribution in [2.75, 3.05) is 20.1 Å². The van der Waals surface area contributed by atoms with Gasteiger partial charge in [-0.05, 0) is 36.8 Å². The maximum absolute atomic E-state index is 12.8. The van der Waals surface area contributed by atoms with Crippen LogP contribution in [0.25, 0.3) is 5.69 Å². The van der Waals surface area contributed by atoms with E-state index >= 15 is 0 Å². The lowest BCUT2D eigenvalue weighted by Crippen LogP contribution is -2.40. The number of aromatic nitrogens is 3. The number of carbonyl (C=O) groups is 2. The van der Waals surface area contributed by atoms with E-state index in [1.165, 1.54) is 4.90 Å². The number of likely N-dealkylation sites (tertiary alicyclic amines) is 1. The van der Waals surface area contributed by atoms with Gasteiger partial charge in [0.25, 0.3) is 0 Å². The number of hydrogen-bond acceptors (Lipinski definition) is 5. The number of rotatable bonds is 7.